The smallest absolute Gasteiger partial charge is 0.410 e. The number of hydrogen-bond donors (Lipinski definition) is 1. The number of amides is 2. The number of piperazine rings is 1. The average Bonchev–Trinajstić information content (AvgIpc) is 3.27. The number of hydrogen-bond acceptors (Lipinski definition) is 6. The lowest BCUT2D eigenvalue weighted by Gasteiger charge is -2.37. The fourth-order valence-electron chi connectivity index (χ4n) is 4.55. The van der Waals surface area contributed by atoms with E-state index >= 15 is 0 Å². The van der Waals surface area contributed by atoms with Gasteiger partial charge in [0.2, 0.25) is 5.78 Å². The first-order valence-corrected chi connectivity index (χ1v) is 11.5. The standard InChI is InChI=1S/C26H28N4O4/c1-26(2,3)34-25(33)29-14-12-28(13-15-29)16-30-20-11-7-5-9-18(20)21(24(30)32)22-23(31)17-8-4-6-10-19(17)27-22/h4-11,27H,12-16H2,1-3H3/b22-21-. The number of benzene rings is 2. The molecule has 1 N–H and O–H groups in total. The zero-order valence-electron chi connectivity index (χ0n) is 19.6. The van der Waals surface area contributed by atoms with Gasteiger partial charge in [-0.1, -0.05) is 30.3 Å². The number of ether oxygens (including phenoxy) is 1. The van der Waals surface area contributed by atoms with E-state index in [-0.39, 0.29) is 17.8 Å². The SMILES string of the molecule is CC(C)(C)OC(=O)N1CCN(CN2C(=O)/C(=C3\Nc4ccccc4C3=O)c3ccccc32)CC1. The average molecular weight is 461 g/mol. The molecule has 8 heteroatoms. The third kappa shape index (κ3) is 3.94. The second-order valence-corrected chi connectivity index (χ2v) is 9.73. The van der Waals surface area contributed by atoms with Crippen molar-refractivity contribution in [3.8, 4) is 0 Å². The molecule has 0 radical (unpaired) electrons. The van der Waals surface area contributed by atoms with Crippen molar-refractivity contribution in [1.29, 1.82) is 0 Å². The van der Waals surface area contributed by atoms with E-state index in [0.717, 1.165) is 16.9 Å². The summed E-state index contributed by atoms with van der Waals surface area (Å²) in [4.78, 5) is 44.6. The van der Waals surface area contributed by atoms with Crippen molar-refractivity contribution < 1.29 is 19.1 Å². The van der Waals surface area contributed by atoms with Crippen LogP contribution < -0.4 is 10.2 Å². The first-order chi connectivity index (χ1) is 16.2. The number of nitrogens with one attached hydrogen (secondary N) is 1. The topological polar surface area (TPSA) is 82.2 Å². The zero-order valence-corrected chi connectivity index (χ0v) is 19.6. The minimum atomic E-state index is -0.533. The molecule has 5 rings (SSSR count). The van der Waals surface area contributed by atoms with E-state index in [1.807, 2.05) is 63.2 Å². The first-order valence-electron chi connectivity index (χ1n) is 11.5. The van der Waals surface area contributed by atoms with Crippen molar-refractivity contribution in [3.05, 3.63) is 65.4 Å². The van der Waals surface area contributed by atoms with Crippen molar-refractivity contribution in [2.24, 2.45) is 0 Å². The number of ketones is 1. The van der Waals surface area contributed by atoms with Crippen molar-refractivity contribution >= 4 is 34.7 Å². The molecule has 2 amide bonds. The maximum Gasteiger partial charge on any atom is 0.410 e. The second kappa shape index (κ2) is 8.29. The summed E-state index contributed by atoms with van der Waals surface area (Å²) in [7, 11) is 0. The highest BCUT2D eigenvalue weighted by molar-refractivity contribution is 6.39. The molecule has 3 heterocycles. The van der Waals surface area contributed by atoms with Crippen LogP contribution in [0.3, 0.4) is 0 Å². The Morgan fingerprint density at radius 1 is 0.941 bits per heavy atom. The van der Waals surface area contributed by atoms with Crippen LogP contribution in [-0.4, -0.2) is 66.0 Å². The summed E-state index contributed by atoms with van der Waals surface area (Å²) in [5, 5.41) is 3.17. The largest absolute Gasteiger partial charge is 0.444 e. The molecule has 0 spiro atoms. The molecule has 0 aromatic heterocycles. The van der Waals surface area contributed by atoms with Gasteiger partial charge in [0.15, 0.2) is 0 Å². The highest BCUT2D eigenvalue weighted by Crippen LogP contribution is 2.41. The zero-order chi connectivity index (χ0) is 24.0. The number of para-hydroxylation sites is 2. The molecule has 0 saturated carbocycles. The van der Waals surface area contributed by atoms with Gasteiger partial charge in [-0.05, 0) is 39.0 Å². The van der Waals surface area contributed by atoms with E-state index in [0.29, 0.717) is 49.7 Å². The van der Waals surface area contributed by atoms with Crippen LogP contribution in [0.4, 0.5) is 16.2 Å². The van der Waals surface area contributed by atoms with Crippen LogP contribution in [0.25, 0.3) is 5.57 Å². The summed E-state index contributed by atoms with van der Waals surface area (Å²) in [6.45, 7) is 8.25. The van der Waals surface area contributed by atoms with Gasteiger partial charge in [0.25, 0.3) is 5.91 Å². The van der Waals surface area contributed by atoms with Gasteiger partial charge in [-0.15, -0.1) is 0 Å². The molecule has 0 bridgehead atoms. The fourth-order valence-corrected chi connectivity index (χ4v) is 4.55. The van der Waals surface area contributed by atoms with E-state index in [1.165, 1.54) is 0 Å². The molecule has 2 aromatic rings. The predicted octanol–water partition coefficient (Wildman–Crippen LogP) is 3.56. The molecule has 8 nitrogen and oxygen atoms in total. The van der Waals surface area contributed by atoms with Gasteiger partial charge >= 0.3 is 6.09 Å². The van der Waals surface area contributed by atoms with Crippen LogP contribution in [-0.2, 0) is 9.53 Å². The van der Waals surface area contributed by atoms with Crippen LogP contribution in [0.15, 0.2) is 54.2 Å². The van der Waals surface area contributed by atoms with Gasteiger partial charge in [0.1, 0.15) is 11.3 Å². The maximum absolute atomic E-state index is 13.6. The van der Waals surface area contributed by atoms with E-state index in [9.17, 15) is 14.4 Å². The highest BCUT2D eigenvalue weighted by Gasteiger charge is 2.40. The summed E-state index contributed by atoms with van der Waals surface area (Å²) in [5.74, 6) is -0.360. The molecule has 34 heavy (non-hydrogen) atoms. The Labute approximate surface area is 198 Å². The lowest BCUT2D eigenvalue weighted by Crippen LogP contribution is -2.52. The minimum absolute atomic E-state index is 0.165. The maximum atomic E-state index is 13.6. The summed E-state index contributed by atoms with van der Waals surface area (Å²) in [5.41, 5.74) is 3.04. The molecular formula is C26H28N4O4. The number of nitrogens with zero attached hydrogens (tertiary/aromatic N) is 3. The Balaban J connectivity index is 1.35. The number of carbonyl (C=O) groups is 3. The lowest BCUT2D eigenvalue weighted by molar-refractivity contribution is -0.113. The Bertz CT molecular complexity index is 1210. The Morgan fingerprint density at radius 3 is 2.26 bits per heavy atom. The van der Waals surface area contributed by atoms with Crippen LogP contribution in [0, 0.1) is 0 Å². The van der Waals surface area contributed by atoms with Crippen molar-refractivity contribution in [1.82, 2.24) is 9.80 Å². The third-order valence-corrected chi connectivity index (χ3v) is 6.20. The predicted molar refractivity (Wildman–Crippen MR) is 129 cm³/mol. The molecule has 1 fully saturated rings. The molecule has 1 saturated heterocycles. The van der Waals surface area contributed by atoms with Crippen molar-refractivity contribution in [2.75, 3.05) is 43.1 Å². The molecular weight excluding hydrogens is 432 g/mol. The lowest BCUT2D eigenvalue weighted by atomic mass is 10.0. The van der Waals surface area contributed by atoms with Crippen LogP contribution in [0.1, 0.15) is 36.7 Å². The van der Waals surface area contributed by atoms with E-state index in [1.54, 1.807) is 15.9 Å². The van der Waals surface area contributed by atoms with Crippen molar-refractivity contribution in [3.63, 3.8) is 0 Å². The molecule has 176 valence electrons. The Kier molecular flexibility index (Phi) is 5.40. The minimum Gasteiger partial charge on any atom is -0.444 e. The summed E-state index contributed by atoms with van der Waals surface area (Å²) < 4.78 is 5.48. The number of anilines is 2. The van der Waals surface area contributed by atoms with Crippen LogP contribution in [0.5, 0.6) is 0 Å². The highest BCUT2D eigenvalue weighted by atomic mass is 16.6. The third-order valence-electron chi connectivity index (χ3n) is 6.20. The van der Waals surface area contributed by atoms with Gasteiger partial charge in [-0.2, -0.15) is 0 Å². The second-order valence-electron chi connectivity index (χ2n) is 9.73. The Hall–Kier alpha value is -3.65. The number of Topliss-reactive ketones (excluding diaryl/α,β-unsaturated/α-hetero) is 1. The molecule has 2 aromatic carbocycles. The number of fused-ring (bicyclic) bond motifs is 2. The quantitative estimate of drug-likeness (QED) is 0.690. The van der Waals surface area contributed by atoms with Gasteiger partial charge in [-0.3, -0.25) is 19.4 Å². The molecule has 3 aliphatic rings. The van der Waals surface area contributed by atoms with E-state index < -0.39 is 5.60 Å². The molecule has 3 aliphatic heterocycles. The monoisotopic (exact) mass is 460 g/mol. The van der Waals surface area contributed by atoms with Crippen LogP contribution >= 0.6 is 0 Å². The summed E-state index contributed by atoms with van der Waals surface area (Å²) >= 11 is 0. The van der Waals surface area contributed by atoms with E-state index in [2.05, 4.69) is 10.2 Å². The first kappa shape index (κ1) is 22.2. The van der Waals surface area contributed by atoms with Gasteiger partial charge in [0, 0.05) is 43.0 Å². The number of allylic oxidation sites excluding steroid dienone is 1. The normalized spacial score (nSPS) is 20.3. The Morgan fingerprint density at radius 2 is 1.59 bits per heavy atom. The van der Waals surface area contributed by atoms with E-state index in [4.69, 9.17) is 4.74 Å². The molecule has 0 aliphatic carbocycles. The fraction of sp³-hybridized carbons (Fsp3) is 0.346. The number of rotatable bonds is 2. The van der Waals surface area contributed by atoms with Gasteiger partial charge in [0.05, 0.1) is 17.9 Å². The van der Waals surface area contributed by atoms with Crippen LogP contribution in [0.2, 0.25) is 0 Å². The van der Waals surface area contributed by atoms with Crippen molar-refractivity contribution in [2.45, 2.75) is 26.4 Å². The molecule has 0 unspecified atom stereocenters. The summed E-state index contributed by atoms with van der Waals surface area (Å²) in [6.07, 6.45) is -0.313. The molecule has 0 atom stereocenters. The summed E-state index contributed by atoms with van der Waals surface area (Å²) in [6, 6.07) is 14.9. The van der Waals surface area contributed by atoms with Gasteiger partial charge in [-0.25, -0.2) is 4.79 Å². The van der Waals surface area contributed by atoms with Gasteiger partial charge < -0.3 is 15.0 Å². The number of carbonyl (C=O) groups excluding carboxylic acids is 3.